The maximum absolute atomic E-state index is 13.4. The molecule has 7 heteroatoms. The van der Waals surface area contributed by atoms with E-state index in [0.29, 0.717) is 16.6 Å². The minimum Gasteiger partial charge on any atom is -0.338 e. The molecule has 1 saturated carbocycles. The number of aromatic nitrogens is 2. The lowest BCUT2D eigenvalue weighted by Gasteiger charge is -2.32. The summed E-state index contributed by atoms with van der Waals surface area (Å²) in [5, 5.41) is 4.06. The molecule has 0 spiro atoms. The monoisotopic (exact) mass is 411 g/mol. The van der Waals surface area contributed by atoms with E-state index in [-0.39, 0.29) is 12.6 Å². The molecular weight excluding hydrogens is 386 g/mol. The predicted molar refractivity (Wildman–Crippen MR) is 111 cm³/mol. The number of sulfonamides is 1. The molecule has 0 bridgehead atoms. The van der Waals surface area contributed by atoms with Crippen LogP contribution in [0.4, 0.5) is 0 Å². The van der Waals surface area contributed by atoms with Crippen LogP contribution in [-0.2, 0) is 16.6 Å². The number of rotatable bonds is 6. The minimum absolute atomic E-state index is 0.0521. The second-order valence-electron chi connectivity index (χ2n) is 7.53. The first-order chi connectivity index (χ1) is 14.0. The van der Waals surface area contributed by atoms with Crippen LogP contribution in [-0.4, -0.2) is 28.9 Å². The molecule has 1 aliphatic carbocycles. The zero-order valence-corrected chi connectivity index (χ0v) is 17.3. The summed E-state index contributed by atoms with van der Waals surface area (Å²) < 4.78 is 33.8. The number of hydrogen-bond donors (Lipinski definition) is 0. The maximum Gasteiger partial charge on any atom is 0.243 e. The van der Waals surface area contributed by atoms with E-state index in [1.165, 1.54) is 0 Å². The first-order valence-electron chi connectivity index (χ1n) is 10.0. The molecule has 0 aliphatic heterocycles. The summed E-state index contributed by atoms with van der Waals surface area (Å²) in [4.78, 5) is 4.76. The second kappa shape index (κ2) is 8.47. The van der Waals surface area contributed by atoms with Gasteiger partial charge in [-0.1, -0.05) is 72.4 Å². The number of nitrogens with zero attached hydrogens (tertiary/aromatic N) is 3. The van der Waals surface area contributed by atoms with Crippen molar-refractivity contribution >= 4 is 10.0 Å². The van der Waals surface area contributed by atoms with Gasteiger partial charge in [-0.3, -0.25) is 0 Å². The molecular formula is C22H25N3O3S. The van der Waals surface area contributed by atoms with Crippen LogP contribution in [0.15, 0.2) is 64.0 Å². The van der Waals surface area contributed by atoms with E-state index in [4.69, 9.17) is 4.52 Å². The first-order valence-corrected chi connectivity index (χ1v) is 11.4. The highest BCUT2D eigenvalue weighted by atomic mass is 32.2. The van der Waals surface area contributed by atoms with Gasteiger partial charge in [-0.2, -0.15) is 9.29 Å². The number of benzene rings is 2. The van der Waals surface area contributed by atoms with Crippen molar-refractivity contribution in [2.24, 2.45) is 0 Å². The van der Waals surface area contributed by atoms with Crippen molar-refractivity contribution in [2.45, 2.75) is 56.5 Å². The topological polar surface area (TPSA) is 76.3 Å². The van der Waals surface area contributed by atoms with E-state index in [9.17, 15) is 8.42 Å². The van der Waals surface area contributed by atoms with Gasteiger partial charge in [0.05, 0.1) is 11.4 Å². The number of hydrogen-bond acceptors (Lipinski definition) is 5. The third-order valence-corrected chi connectivity index (χ3v) is 7.31. The van der Waals surface area contributed by atoms with Gasteiger partial charge in [0.2, 0.25) is 21.7 Å². The summed E-state index contributed by atoms with van der Waals surface area (Å²) in [6, 6.07) is 16.4. The fourth-order valence-electron chi connectivity index (χ4n) is 3.78. The molecule has 0 unspecified atom stereocenters. The van der Waals surface area contributed by atoms with Crippen LogP contribution >= 0.6 is 0 Å². The Morgan fingerprint density at radius 1 is 1.00 bits per heavy atom. The van der Waals surface area contributed by atoms with E-state index in [1.54, 1.807) is 28.6 Å². The Labute approximate surface area is 171 Å². The van der Waals surface area contributed by atoms with Crippen LogP contribution in [0.25, 0.3) is 11.4 Å². The molecule has 29 heavy (non-hydrogen) atoms. The van der Waals surface area contributed by atoms with Crippen LogP contribution in [0.1, 0.15) is 43.6 Å². The normalized spacial score (nSPS) is 15.7. The third kappa shape index (κ3) is 4.41. The van der Waals surface area contributed by atoms with Crippen LogP contribution in [0.5, 0.6) is 0 Å². The van der Waals surface area contributed by atoms with Gasteiger partial charge >= 0.3 is 0 Å². The standard InChI is InChI=1S/C22H25N3O3S/c1-17-12-14-18(15-13-17)22-23-21(28-24-22)16-25(19-8-4-2-5-9-19)29(26,27)20-10-6-3-7-11-20/h3,6-7,10-15,19H,2,4-5,8-9,16H2,1H3. The average molecular weight is 412 g/mol. The summed E-state index contributed by atoms with van der Waals surface area (Å²) in [5.41, 5.74) is 2.00. The van der Waals surface area contributed by atoms with Crippen LogP contribution < -0.4 is 0 Å². The fraction of sp³-hybridized carbons (Fsp3) is 0.364. The highest BCUT2D eigenvalue weighted by Crippen LogP contribution is 2.29. The molecule has 4 rings (SSSR count). The van der Waals surface area contributed by atoms with Gasteiger partial charge in [-0.05, 0) is 31.9 Å². The molecule has 1 fully saturated rings. The molecule has 0 N–H and O–H groups in total. The third-order valence-electron chi connectivity index (χ3n) is 5.40. The van der Waals surface area contributed by atoms with Gasteiger partial charge in [-0.25, -0.2) is 8.42 Å². The molecule has 1 aromatic heterocycles. The van der Waals surface area contributed by atoms with Gasteiger partial charge in [0.15, 0.2) is 0 Å². The zero-order valence-electron chi connectivity index (χ0n) is 16.5. The van der Waals surface area contributed by atoms with Crippen molar-refractivity contribution in [3.8, 4) is 11.4 Å². The fourth-order valence-corrected chi connectivity index (χ4v) is 5.44. The van der Waals surface area contributed by atoms with Gasteiger partial charge in [0.1, 0.15) is 0 Å². The molecule has 0 amide bonds. The van der Waals surface area contributed by atoms with Crippen molar-refractivity contribution in [3.05, 3.63) is 66.1 Å². The largest absolute Gasteiger partial charge is 0.338 e. The first kappa shape index (κ1) is 19.8. The lowest BCUT2D eigenvalue weighted by molar-refractivity contribution is 0.223. The summed E-state index contributed by atoms with van der Waals surface area (Å²) in [5.74, 6) is 0.784. The Morgan fingerprint density at radius 3 is 2.38 bits per heavy atom. The highest BCUT2D eigenvalue weighted by Gasteiger charge is 2.33. The lowest BCUT2D eigenvalue weighted by atomic mass is 9.95. The molecule has 0 saturated heterocycles. The Morgan fingerprint density at radius 2 is 1.69 bits per heavy atom. The van der Waals surface area contributed by atoms with E-state index < -0.39 is 10.0 Å². The lowest BCUT2D eigenvalue weighted by Crippen LogP contribution is -2.41. The molecule has 0 atom stereocenters. The molecule has 2 aromatic carbocycles. The summed E-state index contributed by atoms with van der Waals surface area (Å²) >= 11 is 0. The van der Waals surface area contributed by atoms with Crippen molar-refractivity contribution in [1.82, 2.24) is 14.4 Å². The molecule has 0 radical (unpaired) electrons. The molecule has 3 aromatic rings. The van der Waals surface area contributed by atoms with Gasteiger partial charge in [0.25, 0.3) is 0 Å². The van der Waals surface area contributed by atoms with Gasteiger partial charge < -0.3 is 4.52 Å². The summed E-state index contributed by atoms with van der Waals surface area (Å²) in [6.07, 6.45) is 4.91. The van der Waals surface area contributed by atoms with Crippen LogP contribution in [0, 0.1) is 6.92 Å². The van der Waals surface area contributed by atoms with E-state index in [2.05, 4.69) is 10.1 Å². The van der Waals surface area contributed by atoms with Gasteiger partial charge in [0, 0.05) is 11.6 Å². The minimum atomic E-state index is -3.65. The van der Waals surface area contributed by atoms with Crippen molar-refractivity contribution in [3.63, 3.8) is 0 Å². The van der Waals surface area contributed by atoms with Gasteiger partial charge in [-0.15, -0.1) is 0 Å². The second-order valence-corrected chi connectivity index (χ2v) is 9.42. The molecule has 152 valence electrons. The van der Waals surface area contributed by atoms with Crippen LogP contribution in [0.2, 0.25) is 0 Å². The SMILES string of the molecule is Cc1ccc(-c2noc(CN(C3CCCCC3)S(=O)(=O)c3ccccc3)n2)cc1. The summed E-state index contributed by atoms with van der Waals surface area (Å²) in [6.45, 7) is 2.10. The highest BCUT2D eigenvalue weighted by molar-refractivity contribution is 7.89. The zero-order chi connectivity index (χ0) is 20.3. The van der Waals surface area contributed by atoms with Crippen molar-refractivity contribution in [1.29, 1.82) is 0 Å². The van der Waals surface area contributed by atoms with Crippen LogP contribution in [0.3, 0.4) is 0 Å². The quantitative estimate of drug-likeness (QED) is 0.594. The van der Waals surface area contributed by atoms with E-state index in [0.717, 1.165) is 43.2 Å². The Hall–Kier alpha value is -2.51. The van der Waals surface area contributed by atoms with E-state index in [1.807, 2.05) is 37.3 Å². The summed E-state index contributed by atoms with van der Waals surface area (Å²) in [7, 11) is -3.65. The van der Waals surface area contributed by atoms with Crippen molar-refractivity contribution in [2.75, 3.05) is 0 Å². The van der Waals surface area contributed by atoms with Crippen molar-refractivity contribution < 1.29 is 12.9 Å². The average Bonchev–Trinajstić information content (AvgIpc) is 3.22. The van der Waals surface area contributed by atoms with E-state index >= 15 is 0 Å². The molecule has 6 nitrogen and oxygen atoms in total. The maximum atomic E-state index is 13.4. The Bertz CT molecular complexity index is 1040. The Kier molecular flexibility index (Phi) is 5.78. The number of aryl methyl sites for hydroxylation is 1. The smallest absolute Gasteiger partial charge is 0.243 e. The molecule has 1 aliphatic rings. The molecule has 1 heterocycles. The Balaban J connectivity index is 1.63. The predicted octanol–water partition coefficient (Wildman–Crippen LogP) is 4.57.